The number of aromatic nitrogens is 7. The van der Waals surface area contributed by atoms with Gasteiger partial charge in [-0.15, -0.1) is 5.10 Å². The van der Waals surface area contributed by atoms with Crippen molar-refractivity contribution in [1.82, 2.24) is 34.7 Å². The molecular weight excluding hydrogens is 450 g/mol. The van der Waals surface area contributed by atoms with E-state index in [2.05, 4.69) is 75.9 Å². The van der Waals surface area contributed by atoms with Crippen LogP contribution in [0, 0.1) is 6.92 Å². The van der Waals surface area contributed by atoms with Gasteiger partial charge in [0.15, 0.2) is 5.82 Å². The van der Waals surface area contributed by atoms with Gasteiger partial charge in [0.1, 0.15) is 0 Å². The van der Waals surface area contributed by atoms with Crippen LogP contribution in [0.25, 0.3) is 22.5 Å². The zero-order valence-electron chi connectivity index (χ0n) is 20.6. The monoisotopic (exact) mass is 479 g/mol. The lowest BCUT2D eigenvalue weighted by Crippen LogP contribution is -2.26. The summed E-state index contributed by atoms with van der Waals surface area (Å²) in [5.41, 5.74) is 7.24. The van der Waals surface area contributed by atoms with Crippen molar-refractivity contribution in [3.8, 4) is 22.5 Å². The number of nitrogens with one attached hydrogen (secondary N) is 1. The largest absolute Gasteiger partial charge is 0.329 e. The Kier molecular flexibility index (Phi) is 6.84. The maximum absolute atomic E-state index is 13.5. The topological polar surface area (TPSA) is 94.3 Å². The first-order valence-corrected chi connectivity index (χ1v) is 12.3. The summed E-state index contributed by atoms with van der Waals surface area (Å²) in [5, 5.41) is 14.3. The molecule has 2 aromatic carbocycles. The van der Waals surface area contributed by atoms with Gasteiger partial charge in [-0.1, -0.05) is 67.9 Å². The molecule has 182 valence electrons. The summed E-state index contributed by atoms with van der Waals surface area (Å²) in [7, 11) is 0. The summed E-state index contributed by atoms with van der Waals surface area (Å²) in [5.74, 6) is 0.596. The van der Waals surface area contributed by atoms with Gasteiger partial charge in [0.2, 0.25) is 0 Å². The molecule has 0 bridgehead atoms. The standard InChI is InChI=1S/C28H29N7O/c1-3-4-10-26-20(2)34(18-21-8-6-5-7-9-21)28(36)35(26)19-22-11-13-23(14-12-22)25-17-29-16-15-24(25)27-30-32-33-31-27/h5-9,11-17H,3-4,10,18-19H2,1-2H3,(H,30,31,32,33). The Morgan fingerprint density at radius 2 is 1.64 bits per heavy atom. The first-order chi connectivity index (χ1) is 17.7. The van der Waals surface area contributed by atoms with E-state index in [0.29, 0.717) is 18.9 Å². The molecule has 0 aliphatic carbocycles. The number of benzene rings is 2. The minimum Gasteiger partial charge on any atom is -0.292 e. The highest BCUT2D eigenvalue weighted by Crippen LogP contribution is 2.29. The van der Waals surface area contributed by atoms with Crippen LogP contribution in [0.2, 0.25) is 0 Å². The van der Waals surface area contributed by atoms with Crippen LogP contribution in [0.15, 0.2) is 77.9 Å². The third kappa shape index (κ3) is 4.75. The number of aromatic amines is 1. The molecule has 5 rings (SSSR count). The zero-order valence-corrected chi connectivity index (χ0v) is 20.6. The molecule has 0 unspecified atom stereocenters. The Hall–Kier alpha value is -4.33. The Labute approximate surface area is 209 Å². The molecule has 8 nitrogen and oxygen atoms in total. The number of imidazole rings is 1. The van der Waals surface area contributed by atoms with Crippen molar-refractivity contribution in [3.63, 3.8) is 0 Å². The van der Waals surface area contributed by atoms with E-state index in [4.69, 9.17) is 0 Å². The third-order valence-corrected chi connectivity index (χ3v) is 6.59. The summed E-state index contributed by atoms with van der Waals surface area (Å²) in [6, 6.07) is 20.3. The maximum Gasteiger partial charge on any atom is 0.329 e. The molecule has 0 spiro atoms. The summed E-state index contributed by atoms with van der Waals surface area (Å²) < 4.78 is 3.85. The van der Waals surface area contributed by atoms with E-state index in [9.17, 15) is 4.79 Å². The van der Waals surface area contributed by atoms with Gasteiger partial charge in [-0.3, -0.25) is 14.1 Å². The van der Waals surface area contributed by atoms with Crippen molar-refractivity contribution in [1.29, 1.82) is 0 Å². The van der Waals surface area contributed by atoms with Crippen LogP contribution in [0.4, 0.5) is 0 Å². The summed E-state index contributed by atoms with van der Waals surface area (Å²) in [6.45, 7) is 5.36. The van der Waals surface area contributed by atoms with Gasteiger partial charge in [-0.25, -0.2) is 9.89 Å². The number of hydrogen-bond donors (Lipinski definition) is 1. The van der Waals surface area contributed by atoms with Crippen molar-refractivity contribution < 1.29 is 0 Å². The number of nitrogens with zero attached hydrogens (tertiary/aromatic N) is 6. The highest BCUT2D eigenvalue weighted by Gasteiger charge is 2.17. The van der Waals surface area contributed by atoms with Crippen LogP contribution in [0.1, 0.15) is 42.3 Å². The van der Waals surface area contributed by atoms with Crippen LogP contribution in [0.3, 0.4) is 0 Å². The molecule has 1 N–H and O–H groups in total. The predicted molar refractivity (Wildman–Crippen MR) is 140 cm³/mol. The SMILES string of the molecule is CCCCc1c(C)n(Cc2ccccc2)c(=O)n1Cc1ccc(-c2cnccc2-c2nnn[nH]2)cc1. The van der Waals surface area contributed by atoms with Crippen molar-refractivity contribution >= 4 is 0 Å². The molecule has 0 atom stereocenters. The predicted octanol–water partition coefficient (Wildman–Crippen LogP) is 4.64. The van der Waals surface area contributed by atoms with Crippen molar-refractivity contribution in [3.05, 3.63) is 106 Å². The zero-order chi connectivity index (χ0) is 24.9. The smallest absolute Gasteiger partial charge is 0.292 e. The number of H-pyrrole nitrogens is 1. The minimum atomic E-state index is 0.0406. The van der Waals surface area contributed by atoms with Gasteiger partial charge < -0.3 is 0 Å². The quantitative estimate of drug-likeness (QED) is 0.332. The fourth-order valence-corrected chi connectivity index (χ4v) is 4.61. The molecule has 5 aromatic rings. The molecule has 8 heteroatoms. The number of hydrogen-bond acceptors (Lipinski definition) is 5. The van der Waals surface area contributed by atoms with Crippen LogP contribution >= 0.6 is 0 Å². The average Bonchev–Trinajstić information content (AvgIpc) is 3.53. The lowest BCUT2D eigenvalue weighted by molar-refractivity contribution is 0.654. The second-order valence-corrected chi connectivity index (χ2v) is 8.94. The van der Waals surface area contributed by atoms with E-state index >= 15 is 0 Å². The summed E-state index contributed by atoms with van der Waals surface area (Å²) >= 11 is 0. The van der Waals surface area contributed by atoms with Crippen molar-refractivity contribution in [2.45, 2.75) is 46.2 Å². The first kappa shape index (κ1) is 23.4. The molecule has 3 heterocycles. The number of rotatable bonds is 9. The number of unbranched alkanes of at least 4 members (excludes halogenated alkanes) is 1. The highest BCUT2D eigenvalue weighted by molar-refractivity contribution is 5.79. The van der Waals surface area contributed by atoms with Crippen molar-refractivity contribution in [2.75, 3.05) is 0 Å². The van der Waals surface area contributed by atoms with Gasteiger partial charge in [0, 0.05) is 34.9 Å². The fourth-order valence-electron chi connectivity index (χ4n) is 4.61. The molecule has 0 saturated heterocycles. The molecule has 36 heavy (non-hydrogen) atoms. The molecule has 0 amide bonds. The van der Waals surface area contributed by atoms with Crippen LogP contribution in [-0.2, 0) is 19.5 Å². The van der Waals surface area contributed by atoms with Crippen LogP contribution in [-0.4, -0.2) is 34.7 Å². The van der Waals surface area contributed by atoms with Gasteiger partial charge in [-0.2, -0.15) is 0 Å². The van der Waals surface area contributed by atoms with E-state index in [1.54, 1.807) is 6.20 Å². The van der Waals surface area contributed by atoms with E-state index < -0.39 is 0 Å². The maximum atomic E-state index is 13.5. The lowest BCUT2D eigenvalue weighted by Gasteiger charge is -2.10. The molecule has 0 aliphatic rings. The minimum absolute atomic E-state index is 0.0406. The highest BCUT2D eigenvalue weighted by atomic mass is 16.1. The average molecular weight is 480 g/mol. The molecule has 0 fully saturated rings. The molecule has 3 aromatic heterocycles. The van der Waals surface area contributed by atoms with Gasteiger partial charge in [0.05, 0.1) is 13.1 Å². The first-order valence-electron chi connectivity index (χ1n) is 12.3. The molecule has 0 aliphatic heterocycles. The van der Waals surface area contributed by atoms with E-state index in [0.717, 1.165) is 58.5 Å². The summed E-state index contributed by atoms with van der Waals surface area (Å²) in [6.07, 6.45) is 6.56. The van der Waals surface area contributed by atoms with Crippen LogP contribution < -0.4 is 5.69 Å². The second kappa shape index (κ2) is 10.5. The summed E-state index contributed by atoms with van der Waals surface area (Å²) in [4.78, 5) is 17.8. The Balaban J connectivity index is 1.45. The van der Waals surface area contributed by atoms with Gasteiger partial charge in [0.25, 0.3) is 0 Å². The Morgan fingerprint density at radius 1 is 0.889 bits per heavy atom. The van der Waals surface area contributed by atoms with Crippen LogP contribution in [0.5, 0.6) is 0 Å². The molecule has 0 saturated carbocycles. The second-order valence-electron chi connectivity index (χ2n) is 8.94. The third-order valence-electron chi connectivity index (χ3n) is 6.59. The number of tetrazole rings is 1. The molecular formula is C28H29N7O. The van der Waals surface area contributed by atoms with Gasteiger partial charge >= 0.3 is 5.69 Å². The Morgan fingerprint density at radius 3 is 2.36 bits per heavy atom. The normalized spacial score (nSPS) is 11.2. The van der Waals surface area contributed by atoms with Crippen molar-refractivity contribution in [2.24, 2.45) is 0 Å². The van der Waals surface area contributed by atoms with E-state index in [1.165, 1.54) is 0 Å². The molecule has 0 radical (unpaired) electrons. The number of pyridine rings is 1. The fraction of sp³-hybridized carbons (Fsp3) is 0.250. The van der Waals surface area contributed by atoms with Gasteiger partial charge in [-0.05, 0) is 52.9 Å². The lowest BCUT2D eigenvalue weighted by atomic mass is 10.0. The van der Waals surface area contributed by atoms with E-state index in [1.807, 2.05) is 39.6 Å². The van der Waals surface area contributed by atoms with E-state index in [-0.39, 0.29) is 5.69 Å². The Bertz CT molecular complexity index is 1480.